The van der Waals surface area contributed by atoms with Gasteiger partial charge in [0.1, 0.15) is 0 Å². The Labute approximate surface area is 185 Å². The number of alkyl halides is 2. The summed E-state index contributed by atoms with van der Waals surface area (Å²) in [5.74, 6) is 0.743. The number of ether oxygens (including phenoxy) is 1. The normalized spacial score (nSPS) is 20.5. The maximum Gasteiger partial charge on any atom is 0.409 e. The number of nitrogens with one attached hydrogen (secondary N) is 1. The Morgan fingerprint density at radius 2 is 2.16 bits per heavy atom. The first-order valence-corrected chi connectivity index (χ1v) is 11.2. The number of rotatable bonds is 3. The van der Waals surface area contributed by atoms with Gasteiger partial charge in [-0.25, -0.2) is 13.6 Å². The predicted octanol–water partition coefficient (Wildman–Crippen LogP) is 3.27. The summed E-state index contributed by atoms with van der Waals surface area (Å²) >= 11 is 0. The van der Waals surface area contributed by atoms with E-state index in [0.717, 1.165) is 55.1 Å². The van der Waals surface area contributed by atoms with E-state index in [1.165, 1.54) is 7.11 Å². The van der Waals surface area contributed by atoms with Gasteiger partial charge in [0.15, 0.2) is 5.82 Å². The molecule has 10 heteroatoms. The highest BCUT2D eigenvalue weighted by Gasteiger charge is 2.35. The molecule has 5 heterocycles. The quantitative estimate of drug-likeness (QED) is 0.780. The van der Waals surface area contributed by atoms with E-state index in [9.17, 15) is 13.6 Å². The number of nitrogens with zero attached hydrogens (tertiary/aromatic N) is 5. The molecule has 3 aliphatic heterocycles. The molecule has 0 saturated carbocycles. The van der Waals surface area contributed by atoms with E-state index in [1.54, 1.807) is 17.9 Å². The number of amides is 1. The van der Waals surface area contributed by atoms with E-state index < -0.39 is 6.43 Å². The molecule has 0 aliphatic carbocycles. The van der Waals surface area contributed by atoms with Gasteiger partial charge in [-0.2, -0.15) is 5.10 Å². The molecule has 8 nitrogen and oxygen atoms in total. The van der Waals surface area contributed by atoms with Gasteiger partial charge in [0.05, 0.1) is 31.1 Å². The summed E-state index contributed by atoms with van der Waals surface area (Å²) in [7, 11) is 1.38. The maximum atomic E-state index is 13.6. The topological polar surface area (TPSA) is 75.5 Å². The number of aromatic nitrogens is 3. The van der Waals surface area contributed by atoms with Gasteiger partial charge in [0, 0.05) is 48.6 Å². The molecule has 3 aliphatic rings. The third-order valence-corrected chi connectivity index (χ3v) is 6.76. The fourth-order valence-electron chi connectivity index (χ4n) is 5.12. The Kier molecular flexibility index (Phi) is 5.48. The molecule has 1 saturated heterocycles. The number of hydrogen-bond acceptors (Lipinski definition) is 6. The lowest BCUT2D eigenvalue weighted by atomic mass is 10.0. The highest BCUT2D eigenvalue weighted by atomic mass is 19.3. The van der Waals surface area contributed by atoms with Gasteiger partial charge in [-0.05, 0) is 38.8 Å². The van der Waals surface area contributed by atoms with E-state index in [2.05, 4.69) is 15.0 Å². The summed E-state index contributed by atoms with van der Waals surface area (Å²) in [4.78, 5) is 20.5. The molecule has 1 fully saturated rings. The van der Waals surface area contributed by atoms with Crippen molar-refractivity contribution >= 4 is 17.6 Å². The Bertz CT molecular complexity index is 1030. The van der Waals surface area contributed by atoms with E-state index in [-0.39, 0.29) is 17.7 Å². The molecule has 0 radical (unpaired) electrons. The molecular weight excluding hydrogens is 418 g/mol. The Morgan fingerprint density at radius 1 is 1.31 bits per heavy atom. The molecule has 2 aromatic rings. The van der Waals surface area contributed by atoms with Gasteiger partial charge in [-0.15, -0.1) is 0 Å². The number of carbonyl (C=O) groups excluding carboxylic acids is 1. The second-order valence-electron chi connectivity index (χ2n) is 8.67. The van der Waals surface area contributed by atoms with E-state index >= 15 is 0 Å². The zero-order valence-corrected chi connectivity index (χ0v) is 18.4. The minimum Gasteiger partial charge on any atom is -0.453 e. The highest BCUT2D eigenvalue weighted by molar-refractivity contribution is 5.71. The van der Waals surface area contributed by atoms with E-state index in [4.69, 9.17) is 9.84 Å². The number of halogens is 2. The molecule has 1 amide bonds. The number of aryl methyl sites for hydroxylation is 2. The molecule has 32 heavy (non-hydrogen) atoms. The third kappa shape index (κ3) is 3.50. The fourth-order valence-corrected chi connectivity index (χ4v) is 5.12. The average molecular weight is 447 g/mol. The first-order chi connectivity index (χ1) is 15.5. The van der Waals surface area contributed by atoms with Crippen LogP contribution in [0.25, 0.3) is 0 Å². The second-order valence-corrected chi connectivity index (χ2v) is 8.67. The SMILES string of the molecule is COC(=O)N1CCc2c(c(N3CCCc4nc(C)c(C(F)F)cc43)nn2C2CCNC2)C1. The van der Waals surface area contributed by atoms with Crippen LogP contribution >= 0.6 is 0 Å². The summed E-state index contributed by atoms with van der Waals surface area (Å²) < 4.78 is 34.3. The van der Waals surface area contributed by atoms with E-state index in [1.807, 2.05) is 4.90 Å². The van der Waals surface area contributed by atoms with Crippen molar-refractivity contribution in [2.24, 2.45) is 0 Å². The lowest BCUT2D eigenvalue weighted by Crippen LogP contribution is -2.37. The number of pyridine rings is 1. The summed E-state index contributed by atoms with van der Waals surface area (Å²) in [6.45, 7) is 5.06. The van der Waals surface area contributed by atoms with Crippen molar-refractivity contribution in [2.45, 2.75) is 51.6 Å². The van der Waals surface area contributed by atoms with Crippen LogP contribution in [0.15, 0.2) is 6.07 Å². The third-order valence-electron chi connectivity index (χ3n) is 6.76. The Hall–Kier alpha value is -2.75. The molecule has 2 aromatic heterocycles. The van der Waals surface area contributed by atoms with Crippen LogP contribution in [0.4, 0.5) is 25.1 Å². The molecular formula is C22H28F2N6O2. The standard InChI is InChI=1S/C22H28F2N6O2/c1-13-15(20(23)24)10-19-17(26-13)4-3-8-29(19)21-16-12-28(22(31)32-2)9-6-18(16)30(27-21)14-5-7-25-11-14/h10,14,20,25H,3-9,11-12H2,1-2H3. The second kappa shape index (κ2) is 8.31. The summed E-state index contributed by atoms with van der Waals surface area (Å²) in [6.07, 6.45) is 0.334. The molecule has 5 rings (SSSR count). The number of hydrogen-bond donors (Lipinski definition) is 1. The van der Waals surface area contributed by atoms with Gasteiger partial charge in [-0.1, -0.05) is 0 Å². The Balaban J connectivity index is 1.61. The first-order valence-electron chi connectivity index (χ1n) is 11.2. The number of anilines is 2. The predicted molar refractivity (Wildman–Crippen MR) is 115 cm³/mol. The van der Waals surface area contributed by atoms with Gasteiger partial charge >= 0.3 is 6.09 Å². The zero-order valence-electron chi connectivity index (χ0n) is 18.4. The highest BCUT2D eigenvalue weighted by Crippen LogP contribution is 2.40. The first kappa shape index (κ1) is 21.1. The van der Waals surface area contributed by atoms with Crippen LogP contribution in [0, 0.1) is 6.92 Å². The van der Waals surface area contributed by atoms with Gasteiger partial charge in [0.2, 0.25) is 0 Å². The lowest BCUT2D eigenvalue weighted by molar-refractivity contribution is 0.118. The fraction of sp³-hybridized carbons (Fsp3) is 0.591. The van der Waals surface area contributed by atoms with Crippen LogP contribution in [-0.4, -0.2) is 59.0 Å². The smallest absolute Gasteiger partial charge is 0.409 e. The zero-order chi connectivity index (χ0) is 22.4. The summed E-state index contributed by atoms with van der Waals surface area (Å²) in [6, 6.07) is 1.82. The van der Waals surface area contributed by atoms with Gasteiger partial charge < -0.3 is 19.9 Å². The van der Waals surface area contributed by atoms with Crippen LogP contribution in [0.1, 0.15) is 53.5 Å². The lowest BCUT2D eigenvalue weighted by Gasteiger charge is -2.32. The van der Waals surface area contributed by atoms with Gasteiger partial charge in [0.25, 0.3) is 6.43 Å². The summed E-state index contributed by atoms with van der Waals surface area (Å²) in [5.41, 5.74) is 3.95. The number of fused-ring (bicyclic) bond motifs is 2. The van der Waals surface area contributed by atoms with Crippen LogP contribution in [-0.2, 0) is 24.1 Å². The molecule has 0 bridgehead atoms. The molecule has 0 aromatic carbocycles. The van der Waals surface area contributed by atoms with Crippen molar-refractivity contribution in [3.05, 3.63) is 34.3 Å². The monoisotopic (exact) mass is 446 g/mol. The largest absolute Gasteiger partial charge is 0.453 e. The average Bonchev–Trinajstić information content (AvgIpc) is 3.45. The molecule has 0 spiro atoms. The number of methoxy groups -OCH3 is 1. The van der Waals surface area contributed by atoms with Crippen molar-refractivity contribution in [1.29, 1.82) is 0 Å². The van der Waals surface area contributed by atoms with Crippen molar-refractivity contribution in [3.63, 3.8) is 0 Å². The van der Waals surface area contributed by atoms with Crippen LogP contribution in [0.2, 0.25) is 0 Å². The molecule has 172 valence electrons. The van der Waals surface area contributed by atoms with Gasteiger partial charge in [-0.3, -0.25) is 9.67 Å². The van der Waals surface area contributed by atoms with Crippen LogP contribution < -0.4 is 10.2 Å². The van der Waals surface area contributed by atoms with Crippen LogP contribution in [0.3, 0.4) is 0 Å². The maximum absolute atomic E-state index is 13.6. The van der Waals surface area contributed by atoms with Crippen LogP contribution in [0.5, 0.6) is 0 Å². The van der Waals surface area contributed by atoms with Crippen molar-refractivity contribution < 1.29 is 18.3 Å². The Morgan fingerprint density at radius 3 is 2.88 bits per heavy atom. The minimum atomic E-state index is -2.58. The van der Waals surface area contributed by atoms with Crippen molar-refractivity contribution in [1.82, 2.24) is 25.0 Å². The van der Waals surface area contributed by atoms with Crippen molar-refractivity contribution in [3.8, 4) is 0 Å². The van der Waals surface area contributed by atoms with E-state index in [0.29, 0.717) is 37.4 Å². The molecule has 1 N–H and O–H groups in total. The van der Waals surface area contributed by atoms with Crippen molar-refractivity contribution in [2.75, 3.05) is 38.2 Å². The molecule has 1 atom stereocenters. The molecule has 1 unspecified atom stereocenters. The summed E-state index contributed by atoms with van der Waals surface area (Å²) in [5, 5.41) is 8.41. The minimum absolute atomic E-state index is 0.0415. The number of carbonyl (C=O) groups is 1.